The molecule has 0 saturated carbocycles. The van der Waals surface area contributed by atoms with Crippen molar-refractivity contribution in [3.05, 3.63) is 60.2 Å². The van der Waals surface area contributed by atoms with Gasteiger partial charge in [0, 0.05) is 6.54 Å². The molecule has 0 bridgehead atoms. The average molecular weight is 284 g/mol. The average Bonchev–Trinajstić information content (AvgIpc) is 2.48. The predicted molar refractivity (Wildman–Crippen MR) is 89.7 cm³/mol. The van der Waals surface area contributed by atoms with E-state index in [1.807, 2.05) is 13.0 Å². The Labute approximate surface area is 126 Å². The Morgan fingerprint density at radius 1 is 1.00 bits per heavy atom. The molecule has 0 aliphatic heterocycles. The van der Waals surface area contributed by atoms with Gasteiger partial charge in [0.05, 0.1) is 6.04 Å². The molecule has 2 N–H and O–H groups in total. The fourth-order valence-corrected chi connectivity index (χ4v) is 2.41. The Morgan fingerprint density at radius 3 is 2.20 bits per heavy atom. The van der Waals surface area contributed by atoms with Crippen molar-refractivity contribution in [2.24, 2.45) is 0 Å². The molecule has 2 rings (SSSR count). The lowest BCUT2D eigenvalue weighted by Gasteiger charge is -2.17. The molecule has 2 aromatic rings. The zero-order valence-corrected chi connectivity index (χ0v) is 12.7. The van der Waals surface area contributed by atoms with E-state index in [-0.39, 0.29) is 6.04 Å². The summed E-state index contributed by atoms with van der Waals surface area (Å²) in [6.07, 6.45) is 0. The molecule has 0 unspecified atom stereocenters. The van der Waals surface area contributed by atoms with E-state index in [9.17, 15) is 0 Å². The van der Waals surface area contributed by atoms with Crippen LogP contribution in [0.4, 0.5) is 0 Å². The minimum atomic E-state index is 0.200. The maximum atomic E-state index is 5.21. The summed E-state index contributed by atoms with van der Waals surface area (Å²) < 4.78 is 0. The summed E-state index contributed by atoms with van der Waals surface area (Å²) in [5.41, 5.74) is 3.70. The Kier molecular flexibility index (Phi) is 5.13. The quantitative estimate of drug-likeness (QED) is 0.833. The summed E-state index contributed by atoms with van der Waals surface area (Å²) in [7, 11) is 0. The van der Waals surface area contributed by atoms with Crippen LogP contribution in [0.3, 0.4) is 0 Å². The molecule has 1 atom stereocenters. The topological polar surface area (TPSA) is 24.1 Å². The molecule has 0 spiro atoms. The first-order valence-electron chi connectivity index (χ1n) is 6.90. The molecule has 20 heavy (non-hydrogen) atoms. The van der Waals surface area contributed by atoms with E-state index in [1.54, 1.807) is 0 Å². The fourth-order valence-electron chi connectivity index (χ4n) is 2.09. The Hall–Kier alpha value is -1.87. The SMILES string of the molecule is CCNC(=S)N[C@@H](C)c1ccc(-c2ccccc2)cc1. The van der Waals surface area contributed by atoms with Crippen LogP contribution in [0.15, 0.2) is 54.6 Å². The molecule has 2 aromatic carbocycles. The summed E-state index contributed by atoms with van der Waals surface area (Å²) >= 11 is 5.21. The third-order valence-electron chi connectivity index (χ3n) is 3.20. The van der Waals surface area contributed by atoms with Gasteiger partial charge in [-0.1, -0.05) is 54.6 Å². The highest BCUT2D eigenvalue weighted by Gasteiger charge is 2.06. The van der Waals surface area contributed by atoms with Gasteiger partial charge in [0.15, 0.2) is 5.11 Å². The van der Waals surface area contributed by atoms with Crippen molar-refractivity contribution in [1.82, 2.24) is 10.6 Å². The van der Waals surface area contributed by atoms with Crippen molar-refractivity contribution in [2.45, 2.75) is 19.9 Å². The second-order valence-corrected chi connectivity index (χ2v) is 5.12. The molecule has 0 fully saturated rings. The number of thiocarbonyl (C=S) groups is 1. The Morgan fingerprint density at radius 2 is 1.60 bits per heavy atom. The molecule has 0 aromatic heterocycles. The van der Waals surface area contributed by atoms with E-state index in [0.717, 1.165) is 6.54 Å². The first kappa shape index (κ1) is 14.5. The number of hydrogen-bond acceptors (Lipinski definition) is 1. The lowest BCUT2D eigenvalue weighted by atomic mass is 10.0. The molecule has 0 saturated heterocycles. The number of nitrogens with one attached hydrogen (secondary N) is 2. The monoisotopic (exact) mass is 284 g/mol. The summed E-state index contributed by atoms with van der Waals surface area (Å²) in [6.45, 7) is 4.99. The van der Waals surface area contributed by atoms with Gasteiger partial charge in [-0.15, -0.1) is 0 Å². The fraction of sp³-hybridized carbons (Fsp3) is 0.235. The number of rotatable bonds is 4. The molecule has 0 radical (unpaired) electrons. The van der Waals surface area contributed by atoms with Gasteiger partial charge in [-0.3, -0.25) is 0 Å². The smallest absolute Gasteiger partial charge is 0.166 e. The summed E-state index contributed by atoms with van der Waals surface area (Å²) in [4.78, 5) is 0. The minimum absolute atomic E-state index is 0.200. The van der Waals surface area contributed by atoms with Crippen molar-refractivity contribution in [2.75, 3.05) is 6.54 Å². The van der Waals surface area contributed by atoms with E-state index in [1.165, 1.54) is 16.7 Å². The van der Waals surface area contributed by atoms with Gasteiger partial charge >= 0.3 is 0 Å². The number of benzene rings is 2. The zero-order chi connectivity index (χ0) is 14.4. The molecule has 2 nitrogen and oxygen atoms in total. The highest BCUT2D eigenvalue weighted by atomic mass is 32.1. The van der Waals surface area contributed by atoms with Gasteiger partial charge in [-0.05, 0) is 42.8 Å². The van der Waals surface area contributed by atoms with Crippen molar-refractivity contribution in [1.29, 1.82) is 0 Å². The van der Waals surface area contributed by atoms with Crippen LogP contribution in [0.2, 0.25) is 0 Å². The zero-order valence-electron chi connectivity index (χ0n) is 11.9. The van der Waals surface area contributed by atoms with Crippen molar-refractivity contribution in [3.63, 3.8) is 0 Å². The van der Waals surface area contributed by atoms with Crippen LogP contribution in [0.1, 0.15) is 25.5 Å². The van der Waals surface area contributed by atoms with Crippen LogP contribution in [0, 0.1) is 0 Å². The number of hydrogen-bond donors (Lipinski definition) is 2. The van der Waals surface area contributed by atoms with E-state index < -0.39 is 0 Å². The lowest BCUT2D eigenvalue weighted by Crippen LogP contribution is -2.36. The van der Waals surface area contributed by atoms with Gasteiger partial charge in [0.1, 0.15) is 0 Å². The van der Waals surface area contributed by atoms with E-state index in [4.69, 9.17) is 12.2 Å². The first-order chi connectivity index (χ1) is 9.70. The normalized spacial score (nSPS) is 11.7. The van der Waals surface area contributed by atoms with Crippen LogP contribution >= 0.6 is 12.2 Å². The molecule has 104 valence electrons. The highest BCUT2D eigenvalue weighted by Crippen LogP contribution is 2.21. The van der Waals surface area contributed by atoms with E-state index in [0.29, 0.717) is 5.11 Å². The summed E-state index contributed by atoms with van der Waals surface area (Å²) in [6, 6.07) is 19.2. The van der Waals surface area contributed by atoms with Crippen molar-refractivity contribution in [3.8, 4) is 11.1 Å². The highest BCUT2D eigenvalue weighted by molar-refractivity contribution is 7.80. The third-order valence-corrected chi connectivity index (χ3v) is 3.46. The minimum Gasteiger partial charge on any atom is -0.363 e. The van der Waals surface area contributed by atoms with E-state index >= 15 is 0 Å². The Bertz CT molecular complexity index is 549. The largest absolute Gasteiger partial charge is 0.363 e. The van der Waals surface area contributed by atoms with Crippen LogP contribution in [0.25, 0.3) is 11.1 Å². The third kappa shape index (κ3) is 3.81. The predicted octanol–water partition coefficient (Wildman–Crippen LogP) is 3.90. The molecule has 0 heterocycles. The van der Waals surface area contributed by atoms with Crippen LogP contribution < -0.4 is 10.6 Å². The molecular weight excluding hydrogens is 264 g/mol. The van der Waals surface area contributed by atoms with Gasteiger partial charge in [-0.25, -0.2) is 0 Å². The second-order valence-electron chi connectivity index (χ2n) is 4.71. The Balaban J connectivity index is 2.06. The van der Waals surface area contributed by atoms with Crippen molar-refractivity contribution < 1.29 is 0 Å². The molecule has 0 aliphatic carbocycles. The molecular formula is C17H20N2S. The van der Waals surface area contributed by atoms with Crippen molar-refractivity contribution >= 4 is 17.3 Å². The van der Waals surface area contributed by atoms with Crippen LogP contribution in [-0.2, 0) is 0 Å². The van der Waals surface area contributed by atoms with E-state index in [2.05, 4.69) is 66.1 Å². The van der Waals surface area contributed by atoms with Gasteiger partial charge < -0.3 is 10.6 Å². The maximum Gasteiger partial charge on any atom is 0.166 e. The van der Waals surface area contributed by atoms with Gasteiger partial charge in [-0.2, -0.15) is 0 Å². The molecule has 3 heteroatoms. The first-order valence-corrected chi connectivity index (χ1v) is 7.31. The molecule has 0 amide bonds. The molecule has 0 aliphatic rings. The lowest BCUT2D eigenvalue weighted by molar-refractivity contribution is 0.702. The summed E-state index contributed by atoms with van der Waals surface area (Å²) in [5.74, 6) is 0. The summed E-state index contributed by atoms with van der Waals surface area (Å²) in [5, 5.41) is 7.08. The van der Waals surface area contributed by atoms with Crippen LogP contribution in [0.5, 0.6) is 0 Å². The second kappa shape index (κ2) is 7.06. The van der Waals surface area contributed by atoms with Gasteiger partial charge in [0.2, 0.25) is 0 Å². The van der Waals surface area contributed by atoms with Crippen LogP contribution in [-0.4, -0.2) is 11.7 Å². The standard InChI is InChI=1S/C17H20N2S/c1-3-18-17(20)19-13(2)14-9-11-16(12-10-14)15-7-5-4-6-8-15/h4-13H,3H2,1-2H3,(H2,18,19,20)/t13-/m0/s1. The maximum absolute atomic E-state index is 5.21. The van der Waals surface area contributed by atoms with Gasteiger partial charge in [0.25, 0.3) is 0 Å².